The fourth-order valence-corrected chi connectivity index (χ4v) is 2.94. The lowest BCUT2D eigenvalue weighted by Crippen LogP contribution is -2.37. The van der Waals surface area contributed by atoms with Gasteiger partial charge in [0.05, 0.1) is 6.10 Å². The molecule has 1 aromatic heterocycles. The number of carbonyl (C=O) groups is 1. The fraction of sp³-hybridized carbons (Fsp3) is 0.421. The summed E-state index contributed by atoms with van der Waals surface area (Å²) < 4.78 is 20.0. The first-order valence-electron chi connectivity index (χ1n) is 8.82. The smallest absolute Gasteiger partial charge is 0.254 e. The molecule has 1 aromatic carbocycles. The van der Waals surface area contributed by atoms with Gasteiger partial charge in [-0.3, -0.25) is 14.2 Å². The zero-order valence-corrected chi connectivity index (χ0v) is 14.7. The van der Waals surface area contributed by atoms with Crippen molar-refractivity contribution in [2.24, 2.45) is 0 Å². The lowest BCUT2D eigenvalue weighted by atomic mass is 10.2. The number of hydrogen-bond donors (Lipinski definition) is 1. The quantitative estimate of drug-likeness (QED) is 0.855. The Balaban J connectivity index is 1.83. The monoisotopic (exact) mass is 359 g/mol. The number of nitrogens with zero attached hydrogens (tertiary/aromatic N) is 2. The Bertz CT molecular complexity index is 827. The molecule has 26 heavy (non-hydrogen) atoms. The summed E-state index contributed by atoms with van der Waals surface area (Å²) in [6.07, 6.45) is 2.55. The van der Waals surface area contributed by atoms with E-state index in [1.165, 1.54) is 22.8 Å². The Morgan fingerprint density at radius 1 is 1.38 bits per heavy atom. The van der Waals surface area contributed by atoms with Gasteiger partial charge in [-0.2, -0.15) is 0 Å². The molecule has 138 valence electrons. The van der Waals surface area contributed by atoms with Gasteiger partial charge in [0.2, 0.25) is 5.91 Å². The van der Waals surface area contributed by atoms with Gasteiger partial charge in [-0.25, -0.2) is 9.37 Å². The van der Waals surface area contributed by atoms with Gasteiger partial charge in [-0.05, 0) is 43.5 Å². The van der Waals surface area contributed by atoms with Crippen LogP contribution >= 0.6 is 0 Å². The van der Waals surface area contributed by atoms with Crippen LogP contribution in [0.1, 0.15) is 25.5 Å². The number of aromatic nitrogens is 2. The lowest BCUT2D eigenvalue weighted by molar-refractivity contribution is -0.122. The van der Waals surface area contributed by atoms with Crippen molar-refractivity contribution in [3.63, 3.8) is 0 Å². The maximum absolute atomic E-state index is 13.2. The fourth-order valence-electron chi connectivity index (χ4n) is 2.94. The van der Waals surface area contributed by atoms with Crippen molar-refractivity contribution in [2.45, 2.75) is 38.8 Å². The van der Waals surface area contributed by atoms with Crippen LogP contribution in [0.4, 0.5) is 4.39 Å². The molecule has 1 amide bonds. The van der Waals surface area contributed by atoms with Gasteiger partial charge in [0.15, 0.2) is 0 Å². The van der Waals surface area contributed by atoms with E-state index in [0.29, 0.717) is 30.0 Å². The van der Waals surface area contributed by atoms with Crippen molar-refractivity contribution in [1.29, 1.82) is 0 Å². The van der Waals surface area contributed by atoms with E-state index in [0.717, 1.165) is 19.4 Å². The second-order valence-electron chi connectivity index (χ2n) is 6.30. The van der Waals surface area contributed by atoms with Crippen molar-refractivity contribution in [2.75, 3.05) is 13.2 Å². The average Bonchev–Trinajstić information content (AvgIpc) is 3.16. The zero-order chi connectivity index (χ0) is 18.5. The Kier molecular flexibility index (Phi) is 5.78. The molecule has 2 aromatic rings. The number of nitrogens with one attached hydrogen (secondary N) is 1. The maximum atomic E-state index is 13.2. The van der Waals surface area contributed by atoms with E-state index >= 15 is 0 Å². The number of hydrogen-bond acceptors (Lipinski definition) is 4. The summed E-state index contributed by atoms with van der Waals surface area (Å²) in [5, 5.41) is 2.81. The molecule has 1 atom stereocenters. The van der Waals surface area contributed by atoms with Crippen LogP contribution in [-0.2, 0) is 22.5 Å². The van der Waals surface area contributed by atoms with Crippen molar-refractivity contribution in [3.05, 3.63) is 52.2 Å². The molecule has 3 rings (SSSR count). The van der Waals surface area contributed by atoms with Gasteiger partial charge in [0, 0.05) is 30.5 Å². The highest BCUT2D eigenvalue weighted by Crippen LogP contribution is 2.17. The van der Waals surface area contributed by atoms with Crippen LogP contribution < -0.4 is 10.9 Å². The molecule has 0 bridgehead atoms. The molecule has 2 heterocycles. The molecule has 1 aliphatic rings. The zero-order valence-electron chi connectivity index (χ0n) is 14.7. The first-order valence-corrected chi connectivity index (χ1v) is 8.82. The van der Waals surface area contributed by atoms with Crippen molar-refractivity contribution >= 4 is 5.91 Å². The summed E-state index contributed by atoms with van der Waals surface area (Å²) in [6.45, 7) is 2.90. The Labute approximate surface area is 151 Å². The Morgan fingerprint density at radius 2 is 2.15 bits per heavy atom. The molecule has 1 fully saturated rings. The van der Waals surface area contributed by atoms with E-state index in [-0.39, 0.29) is 29.9 Å². The number of aryl methyl sites for hydroxylation is 1. The molecule has 0 saturated carbocycles. The van der Waals surface area contributed by atoms with Gasteiger partial charge in [0.25, 0.3) is 5.56 Å². The number of amides is 1. The standard InChI is InChI=1S/C19H22FN3O3/c1-2-15-10-18(25)23(12-17(24)21-11-16-4-3-9-26-16)19(22-15)13-5-7-14(20)8-6-13/h5-8,10,16H,2-4,9,11-12H2,1H3,(H,21,24)/t16-/m0/s1. The van der Waals surface area contributed by atoms with Crippen LogP contribution in [0.5, 0.6) is 0 Å². The number of ether oxygens (including phenoxy) is 1. The van der Waals surface area contributed by atoms with E-state index < -0.39 is 0 Å². The van der Waals surface area contributed by atoms with Gasteiger partial charge in [0.1, 0.15) is 18.2 Å². The van der Waals surface area contributed by atoms with E-state index in [9.17, 15) is 14.0 Å². The molecule has 0 spiro atoms. The first kappa shape index (κ1) is 18.3. The van der Waals surface area contributed by atoms with E-state index in [4.69, 9.17) is 4.74 Å². The van der Waals surface area contributed by atoms with E-state index in [1.807, 2.05) is 6.92 Å². The van der Waals surface area contributed by atoms with Gasteiger partial charge < -0.3 is 10.1 Å². The molecule has 0 radical (unpaired) electrons. The summed E-state index contributed by atoms with van der Waals surface area (Å²) in [5.74, 6) is -0.290. The van der Waals surface area contributed by atoms with E-state index in [2.05, 4.69) is 10.3 Å². The molecular formula is C19H22FN3O3. The van der Waals surface area contributed by atoms with E-state index in [1.54, 1.807) is 12.1 Å². The van der Waals surface area contributed by atoms with Crippen LogP contribution in [0.25, 0.3) is 11.4 Å². The summed E-state index contributed by atoms with van der Waals surface area (Å²) >= 11 is 0. The maximum Gasteiger partial charge on any atom is 0.254 e. The van der Waals surface area contributed by atoms with Gasteiger partial charge in [-0.15, -0.1) is 0 Å². The highest BCUT2D eigenvalue weighted by molar-refractivity contribution is 5.76. The SMILES string of the molecule is CCc1cc(=O)n(CC(=O)NC[C@@H]2CCCO2)c(-c2ccc(F)cc2)n1. The second kappa shape index (κ2) is 8.23. The predicted molar refractivity (Wildman–Crippen MR) is 95.3 cm³/mol. The normalized spacial score (nSPS) is 16.6. The molecule has 0 aliphatic carbocycles. The molecular weight excluding hydrogens is 337 g/mol. The van der Waals surface area contributed by atoms with Crippen molar-refractivity contribution in [3.8, 4) is 11.4 Å². The van der Waals surface area contributed by atoms with Gasteiger partial charge in [-0.1, -0.05) is 6.92 Å². The topological polar surface area (TPSA) is 73.2 Å². The molecule has 6 nitrogen and oxygen atoms in total. The number of halogens is 1. The minimum atomic E-state index is -0.372. The Hall–Kier alpha value is -2.54. The predicted octanol–water partition coefficient (Wildman–Crippen LogP) is 1.91. The average molecular weight is 359 g/mol. The highest BCUT2D eigenvalue weighted by atomic mass is 19.1. The third kappa shape index (κ3) is 4.35. The summed E-state index contributed by atoms with van der Waals surface area (Å²) in [5.41, 5.74) is 0.916. The number of benzene rings is 1. The second-order valence-corrected chi connectivity index (χ2v) is 6.30. The van der Waals surface area contributed by atoms with Crippen molar-refractivity contribution in [1.82, 2.24) is 14.9 Å². The third-order valence-electron chi connectivity index (χ3n) is 4.38. The molecule has 1 N–H and O–H groups in total. The lowest BCUT2D eigenvalue weighted by Gasteiger charge is -2.15. The third-order valence-corrected chi connectivity index (χ3v) is 4.38. The minimum absolute atomic E-state index is 0.0350. The molecule has 1 saturated heterocycles. The molecule has 7 heteroatoms. The number of carbonyl (C=O) groups excluding carboxylic acids is 1. The summed E-state index contributed by atoms with van der Waals surface area (Å²) in [6, 6.07) is 7.15. The van der Waals surface area contributed by atoms with Gasteiger partial charge >= 0.3 is 0 Å². The van der Waals surface area contributed by atoms with Crippen LogP contribution in [0, 0.1) is 5.82 Å². The first-order chi connectivity index (χ1) is 12.6. The van der Waals surface area contributed by atoms with Crippen LogP contribution in [-0.4, -0.2) is 34.7 Å². The largest absolute Gasteiger partial charge is 0.376 e. The number of rotatable bonds is 6. The summed E-state index contributed by atoms with van der Waals surface area (Å²) in [7, 11) is 0. The summed E-state index contributed by atoms with van der Waals surface area (Å²) in [4.78, 5) is 29.3. The molecule has 0 unspecified atom stereocenters. The van der Waals surface area contributed by atoms with Crippen LogP contribution in [0.3, 0.4) is 0 Å². The molecule has 1 aliphatic heterocycles. The highest BCUT2D eigenvalue weighted by Gasteiger charge is 2.18. The van der Waals surface area contributed by atoms with Crippen LogP contribution in [0.2, 0.25) is 0 Å². The Morgan fingerprint density at radius 3 is 2.81 bits per heavy atom. The minimum Gasteiger partial charge on any atom is -0.376 e. The van der Waals surface area contributed by atoms with Crippen molar-refractivity contribution < 1.29 is 13.9 Å². The van der Waals surface area contributed by atoms with Crippen LogP contribution in [0.15, 0.2) is 35.1 Å².